The summed E-state index contributed by atoms with van der Waals surface area (Å²) in [6.07, 6.45) is 3.02. The fraction of sp³-hybridized carbons (Fsp3) is 0.533. The van der Waals surface area contributed by atoms with Crippen LogP contribution in [0.3, 0.4) is 0 Å². The zero-order valence-corrected chi connectivity index (χ0v) is 10.9. The van der Waals surface area contributed by atoms with E-state index in [1.807, 2.05) is 39.0 Å². The first-order valence-electron chi connectivity index (χ1n) is 6.22. The van der Waals surface area contributed by atoms with Gasteiger partial charge in [-0.15, -0.1) is 0 Å². The Bertz CT molecular complexity index is 354. The van der Waals surface area contributed by atoms with E-state index in [-0.39, 0.29) is 5.92 Å². The Labute approximate surface area is 104 Å². The van der Waals surface area contributed by atoms with Crippen molar-refractivity contribution in [1.29, 1.82) is 0 Å². The Kier molecular flexibility index (Phi) is 4.73. The standard InChI is InChI=1S/C15H22O2/c1-12(15(2,3)14(16)17)8-7-11-13-9-5-4-6-10-13/h4-6,9-10,12H,7-8,11H2,1-3H3,(H,16,17). The van der Waals surface area contributed by atoms with E-state index in [0.29, 0.717) is 0 Å². The predicted octanol–water partition coefficient (Wildman–Crippen LogP) is 3.76. The molecule has 0 saturated carbocycles. The van der Waals surface area contributed by atoms with E-state index in [2.05, 4.69) is 12.1 Å². The lowest BCUT2D eigenvalue weighted by Crippen LogP contribution is -2.31. The summed E-state index contributed by atoms with van der Waals surface area (Å²) in [7, 11) is 0. The molecule has 0 bridgehead atoms. The molecule has 2 heteroatoms. The second kappa shape index (κ2) is 5.85. The Morgan fingerprint density at radius 3 is 2.41 bits per heavy atom. The van der Waals surface area contributed by atoms with E-state index < -0.39 is 11.4 Å². The van der Waals surface area contributed by atoms with Gasteiger partial charge in [-0.1, -0.05) is 37.3 Å². The molecule has 0 aliphatic carbocycles. The molecule has 0 aromatic heterocycles. The van der Waals surface area contributed by atoms with Gasteiger partial charge in [-0.25, -0.2) is 0 Å². The van der Waals surface area contributed by atoms with E-state index in [9.17, 15) is 4.79 Å². The van der Waals surface area contributed by atoms with Crippen LogP contribution in [0.2, 0.25) is 0 Å². The van der Waals surface area contributed by atoms with Crippen molar-refractivity contribution in [3.8, 4) is 0 Å². The quantitative estimate of drug-likeness (QED) is 0.813. The van der Waals surface area contributed by atoms with E-state index in [1.165, 1.54) is 5.56 Å². The van der Waals surface area contributed by atoms with Gasteiger partial charge in [0, 0.05) is 0 Å². The third-order valence-electron chi connectivity index (χ3n) is 3.73. The van der Waals surface area contributed by atoms with Crippen LogP contribution >= 0.6 is 0 Å². The fourth-order valence-corrected chi connectivity index (χ4v) is 1.83. The van der Waals surface area contributed by atoms with Crippen LogP contribution in [0.25, 0.3) is 0 Å². The summed E-state index contributed by atoms with van der Waals surface area (Å²) < 4.78 is 0. The number of benzene rings is 1. The van der Waals surface area contributed by atoms with Gasteiger partial charge in [-0.3, -0.25) is 4.79 Å². The van der Waals surface area contributed by atoms with Crippen LogP contribution in [-0.4, -0.2) is 11.1 Å². The number of hydrogen-bond acceptors (Lipinski definition) is 1. The van der Waals surface area contributed by atoms with E-state index in [0.717, 1.165) is 19.3 Å². The molecular weight excluding hydrogens is 212 g/mol. The van der Waals surface area contributed by atoms with Crippen molar-refractivity contribution in [2.75, 3.05) is 0 Å². The summed E-state index contributed by atoms with van der Waals surface area (Å²) in [5.41, 5.74) is 0.698. The summed E-state index contributed by atoms with van der Waals surface area (Å²) in [6, 6.07) is 10.3. The predicted molar refractivity (Wildman–Crippen MR) is 70.0 cm³/mol. The molecule has 94 valence electrons. The molecule has 1 unspecified atom stereocenters. The summed E-state index contributed by atoms with van der Waals surface area (Å²) in [6.45, 7) is 5.64. The molecule has 0 aliphatic heterocycles. The third kappa shape index (κ3) is 3.88. The molecule has 0 saturated heterocycles. The van der Waals surface area contributed by atoms with Gasteiger partial charge in [0.1, 0.15) is 0 Å². The minimum absolute atomic E-state index is 0.198. The Balaban J connectivity index is 2.39. The van der Waals surface area contributed by atoms with E-state index >= 15 is 0 Å². The molecule has 17 heavy (non-hydrogen) atoms. The minimum atomic E-state index is -0.704. The lowest BCUT2D eigenvalue weighted by atomic mass is 9.77. The molecule has 0 radical (unpaired) electrons. The average molecular weight is 234 g/mol. The number of aryl methyl sites for hydroxylation is 1. The van der Waals surface area contributed by atoms with Gasteiger partial charge in [0.25, 0.3) is 0 Å². The average Bonchev–Trinajstić information content (AvgIpc) is 2.30. The van der Waals surface area contributed by atoms with Gasteiger partial charge in [-0.05, 0) is 44.6 Å². The van der Waals surface area contributed by atoms with Gasteiger partial charge >= 0.3 is 5.97 Å². The Hall–Kier alpha value is -1.31. The molecule has 1 aromatic rings. The molecule has 0 amide bonds. The molecule has 1 atom stereocenters. The number of rotatable bonds is 6. The van der Waals surface area contributed by atoms with Crippen molar-refractivity contribution in [2.45, 2.75) is 40.0 Å². The number of carboxylic acid groups (broad SMARTS) is 1. The highest BCUT2D eigenvalue weighted by Gasteiger charge is 2.33. The molecular formula is C15H22O2. The first-order chi connectivity index (χ1) is 7.94. The van der Waals surface area contributed by atoms with Crippen molar-refractivity contribution in [3.05, 3.63) is 35.9 Å². The smallest absolute Gasteiger partial charge is 0.309 e. The van der Waals surface area contributed by atoms with Gasteiger partial charge in [-0.2, -0.15) is 0 Å². The Morgan fingerprint density at radius 2 is 1.88 bits per heavy atom. The van der Waals surface area contributed by atoms with Gasteiger partial charge in [0.15, 0.2) is 0 Å². The molecule has 1 aromatic carbocycles. The Morgan fingerprint density at radius 1 is 1.29 bits per heavy atom. The second-order valence-corrected chi connectivity index (χ2v) is 5.31. The first-order valence-corrected chi connectivity index (χ1v) is 6.22. The van der Waals surface area contributed by atoms with Crippen LogP contribution < -0.4 is 0 Å². The van der Waals surface area contributed by atoms with Crippen molar-refractivity contribution in [1.82, 2.24) is 0 Å². The molecule has 0 fully saturated rings. The maximum Gasteiger partial charge on any atom is 0.309 e. The van der Waals surface area contributed by atoms with Crippen LogP contribution in [0.4, 0.5) is 0 Å². The molecule has 2 nitrogen and oxygen atoms in total. The molecule has 1 N–H and O–H groups in total. The number of hydrogen-bond donors (Lipinski definition) is 1. The van der Waals surface area contributed by atoms with Gasteiger partial charge in [0.2, 0.25) is 0 Å². The highest BCUT2D eigenvalue weighted by atomic mass is 16.4. The molecule has 1 rings (SSSR count). The van der Waals surface area contributed by atoms with Gasteiger partial charge in [0.05, 0.1) is 5.41 Å². The zero-order chi connectivity index (χ0) is 12.9. The second-order valence-electron chi connectivity index (χ2n) is 5.31. The molecule has 0 heterocycles. The van der Waals surface area contributed by atoms with Crippen LogP contribution in [0.5, 0.6) is 0 Å². The minimum Gasteiger partial charge on any atom is -0.481 e. The van der Waals surface area contributed by atoms with Crippen LogP contribution in [0.15, 0.2) is 30.3 Å². The highest BCUT2D eigenvalue weighted by molar-refractivity contribution is 5.73. The summed E-state index contributed by atoms with van der Waals surface area (Å²) in [5.74, 6) is -0.506. The first kappa shape index (κ1) is 13.8. The van der Waals surface area contributed by atoms with Gasteiger partial charge < -0.3 is 5.11 Å². The summed E-state index contributed by atoms with van der Waals surface area (Å²) in [5, 5.41) is 9.13. The summed E-state index contributed by atoms with van der Waals surface area (Å²) >= 11 is 0. The van der Waals surface area contributed by atoms with E-state index in [1.54, 1.807) is 0 Å². The van der Waals surface area contributed by atoms with Crippen molar-refractivity contribution >= 4 is 5.97 Å². The monoisotopic (exact) mass is 234 g/mol. The van der Waals surface area contributed by atoms with Crippen molar-refractivity contribution in [3.63, 3.8) is 0 Å². The molecule has 0 spiro atoms. The maximum atomic E-state index is 11.1. The summed E-state index contributed by atoms with van der Waals surface area (Å²) in [4.78, 5) is 11.1. The topological polar surface area (TPSA) is 37.3 Å². The lowest BCUT2D eigenvalue weighted by Gasteiger charge is -2.27. The highest BCUT2D eigenvalue weighted by Crippen LogP contribution is 2.30. The van der Waals surface area contributed by atoms with Crippen molar-refractivity contribution < 1.29 is 9.90 Å². The third-order valence-corrected chi connectivity index (χ3v) is 3.73. The van der Waals surface area contributed by atoms with Crippen molar-refractivity contribution in [2.24, 2.45) is 11.3 Å². The van der Waals surface area contributed by atoms with Crippen LogP contribution in [-0.2, 0) is 11.2 Å². The molecule has 0 aliphatic rings. The number of carbonyl (C=O) groups is 1. The normalized spacial score (nSPS) is 13.4. The fourth-order valence-electron chi connectivity index (χ4n) is 1.83. The zero-order valence-electron chi connectivity index (χ0n) is 10.9. The van der Waals surface area contributed by atoms with Crippen LogP contribution in [0.1, 0.15) is 39.2 Å². The number of carboxylic acids is 1. The maximum absolute atomic E-state index is 11.1. The SMILES string of the molecule is CC(CCCc1ccccc1)C(C)(C)C(=O)O. The largest absolute Gasteiger partial charge is 0.481 e. The lowest BCUT2D eigenvalue weighted by molar-refractivity contribution is -0.149. The van der Waals surface area contributed by atoms with Crippen LogP contribution in [0, 0.1) is 11.3 Å². The van der Waals surface area contributed by atoms with E-state index in [4.69, 9.17) is 5.11 Å². The number of aliphatic carboxylic acids is 1.